The quantitative estimate of drug-likeness (QED) is 0.287. The van der Waals surface area contributed by atoms with Crippen molar-refractivity contribution in [1.82, 2.24) is 10.2 Å². The van der Waals surface area contributed by atoms with Gasteiger partial charge in [0.05, 0.1) is 33.3 Å². The van der Waals surface area contributed by atoms with Crippen molar-refractivity contribution < 1.29 is 32.2 Å². The minimum absolute atomic E-state index is 0.0307. The zero-order chi connectivity index (χ0) is 31.7. The molecule has 236 valence electrons. The number of carbonyl (C=O) groups is 2. The van der Waals surface area contributed by atoms with Gasteiger partial charge in [-0.05, 0) is 48.2 Å². The van der Waals surface area contributed by atoms with Gasteiger partial charge in [-0.2, -0.15) is 0 Å². The standard InChI is InChI=1S/C33H41N3O7S/c1-41-27-16-10-13-25(19-27)22-35(30(20-24-11-6-5-7-12-24)33(38)34-26-14-8-9-15-26)32(37)23-36(44(4,39)40)29-21-28(42-2)17-18-31(29)43-3/h5-7,10-13,16-19,21,26,30H,8-9,14-15,20,22-23H2,1-4H3,(H,34,38)/t30-/m1/s1. The summed E-state index contributed by atoms with van der Waals surface area (Å²) in [5, 5.41) is 3.17. The van der Waals surface area contributed by atoms with Gasteiger partial charge in [0.15, 0.2) is 0 Å². The molecule has 0 saturated heterocycles. The third kappa shape index (κ3) is 8.43. The summed E-state index contributed by atoms with van der Waals surface area (Å²) in [5.41, 5.74) is 1.75. The van der Waals surface area contributed by atoms with Crippen LogP contribution in [0.3, 0.4) is 0 Å². The molecule has 2 amide bonds. The molecule has 1 aliphatic rings. The maximum absolute atomic E-state index is 14.4. The number of hydrogen-bond acceptors (Lipinski definition) is 7. The lowest BCUT2D eigenvalue weighted by Crippen LogP contribution is -2.54. The minimum Gasteiger partial charge on any atom is -0.497 e. The molecular formula is C33H41N3O7S. The van der Waals surface area contributed by atoms with Gasteiger partial charge in [0.2, 0.25) is 21.8 Å². The molecule has 0 spiro atoms. The number of rotatable bonds is 14. The highest BCUT2D eigenvalue weighted by molar-refractivity contribution is 7.92. The molecule has 4 rings (SSSR count). The van der Waals surface area contributed by atoms with Gasteiger partial charge >= 0.3 is 0 Å². The second kappa shape index (κ2) is 15.0. The average molecular weight is 624 g/mol. The zero-order valence-corrected chi connectivity index (χ0v) is 26.5. The number of benzene rings is 3. The Bertz CT molecular complexity index is 1530. The molecule has 0 aliphatic heterocycles. The molecule has 0 bridgehead atoms. The monoisotopic (exact) mass is 623 g/mol. The maximum atomic E-state index is 14.4. The van der Waals surface area contributed by atoms with Gasteiger partial charge in [0.1, 0.15) is 29.8 Å². The molecule has 10 nitrogen and oxygen atoms in total. The first-order valence-electron chi connectivity index (χ1n) is 14.6. The SMILES string of the molecule is COc1cccc(CN(C(=O)CN(c2cc(OC)ccc2OC)S(C)(=O)=O)[C@H](Cc2ccccc2)C(=O)NC2CCCC2)c1. The summed E-state index contributed by atoms with van der Waals surface area (Å²) in [5.74, 6) is 0.424. The number of nitrogens with one attached hydrogen (secondary N) is 1. The van der Waals surface area contributed by atoms with Crippen molar-refractivity contribution in [2.45, 2.75) is 50.7 Å². The van der Waals surface area contributed by atoms with Crippen LogP contribution in [0.15, 0.2) is 72.8 Å². The number of nitrogens with zero attached hydrogens (tertiary/aromatic N) is 2. The topological polar surface area (TPSA) is 114 Å². The summed E-state index contributed by atoms with van der Waals surface area (Å²) in [6.45, 7) is -0.507. The average Bonchev–Trinajstić information content (AvgIpc) is 3.54. The Morgan fingerprint density at radius 2 is 1.52 bits per heavy atom. The Morgan fingerprint density at radius 3 is 2.16 bits per heavy atom. The van der Waals surface area contributed by atoms with Crippen LogP contribution in [0.5, 0.6) is 17.2 Å². The third-order valence-electron chi connectivity index (χ3n) is 7.79. The van der Waals surface area contributed by atoms with E-state index in [0.717, 1.165) is 47.4 Å². The highest BCUT2D eigenvalue weighted by atomic mass is 32.2. The van der Waals surface area contributed by atoms with Crippen molar-refractivity contribution in [3.63, 3.8) is 0 Å². The summed E-state index contributed by atoms with van der Waals surface area (Å²) in [6, 6.07) is 20.6. The van der Waals surface area contributed by atoms with Gasteiger partial charge in [-0.15, -0.1) is 0 Å². The predicted molar refractivity (Wildman–Crippen MR) is 170 cm³/mol. The second-order valence-corrected chi connectivity index (χ2v) is 12.8. The van der Waals surface area contributed by atoms with Crippen molar-refractivity contribution in [1.29, 1.82) is 0 Å². The van der Waals surface area contributed by atoms with E-state index < -0.39 is 28.5 Å². The maximum Gasteiger partial charge on any atom is 0.244 e. The Morgan fingerprint density at radius 1 is 0.864 bits per heavy atom. The smallest absolute Gasteiger partial charge is 0.244 e. The molecule has 1 fully saturated rings. The molecule has 0 radical (unpaired) electrons. The van der Waals surface area contributed by atoms with Crippen LogP contribution in [-0.4, -0.2) is 71.3 Å². The van der Waals surface area contributed by atoms with Gasteiger partial charge in [0, 0.05) is 25.1 Å². The second-order valence-electron chi connectivity index (χ2n) is 10.9. The lowest BCUT2D eigenvalue weighted by atomic mass is 10.0. The third-order valence-corrected chi connectivity index (χ3v) is 8.92. The summed E-state index contributed by atoms with van der Waals surface area (Å²) in [4.78, 5) is 29.9. The van der Waals surface area contributed by atoms with Crippen molar-refractivity contribution in [2.75, 3.05) is 38.4 Å². The number of sulfonamides is 1. The molecule has 1 saturated carbocycles. The van der Waals surface area contributed by atoms with E-state index in [-0.39, 0.29) is 36.4 Å². The van der Waals surface area contributed by atoms with Crippen molar-refractivity contribution in [3.05, 3.63) is 83.9 Å². The fourth-order valence-electron chi connectivity index (χ4n) is 5.48. The molecule has 3 aromatic rings. The number of ether oxygens (including phenoxy) is 3. The van der Waals surface area contributed by atoms with Crippen molar-refractivity contribution >= 4 is 27.5 Å². The summed E-state index contributed by atoms with van der Waals surface area (Å²) in [6.07, 6.45) is 5.10. The first-order chi connectivity index (χ1) is 21.1. The van der Waals surface area contributed by atoms with Crippen LogP contribution >= 0.6 is 0 Å². The van der Waals surface area contributed by atoms with E-state index in [9.17, 15) is 18.0 Å². The largest absolute Gasteiger partial charge is 0.497 e. The van der Waals surface area contributed by atoms with E-state index in [1.165, 1.54) is 25.2 Å². The highest BCUT2D eigenvalue weighted by Gasteiger charge is 2.35. The van der Waals surface area contributed by atoms with Gasteiger partial charge < -0.3 is 24.4 Å². The molecule has 0 heterocycles. The fraction of sp³-hybridized carbons (Fsp3) is 0.394. The number of amides is 2. The van der Waals surface area contributed by atoms with Crippen LogP contribution in [0.25, 0.3) is 0 Å². The Labute approximate surface area is 260 Å². The Kier molecular flexibility index (Phi) is 11.1. The van der Waals surface area contributed by atoms with E-state index in [2.05, 4.69) is 5.32 Å². The highest BCUT2D eigenvalue weighted by Crippen LogP contribution is 2.34. The minimum atomic E-state index is -3.98. The lowest BCUT2D eigenvalue weighted by Gasteiger charge is -2.34. The van der Waals surface area contributed by atoms with Crippen LogP contribution in [0.2, 0.25) is 0 Å². The summed E-state index contributed by atoms with van der Waals surface area (Å²) < 4.78 is 43.6. The van der Waals surface area contributed by atoms with Crippen LogP contribution in [-0.2, 0) is 32.6 Å². The molecule has 1 N–H and O–H groups in total. The van der Waals surface area contributed by atoms with E-state index in [4.69, 9.17) is 14.2 Å². The molecule has 11 heteroatoms. The Balaban J connectivity index is 1.77. The normalized spacial score (nSPS) is 14.0. The van der Waals surface area contributed by atoms with Gasteiger partial charge in [-0.25, -0.2) is 8.42 Å². The van der Waals surface area contributed by atoms with Crippen molar-refractivity contribution in [2.24, 2.45) is 0 Å². The van der Waals surface area contributed by atoms with Crippen LogP contribution < -0.4 is 23.8 Å². The molecular weight excluding hydrogens is 582 g/mol. The first-order valence-corrected chi connectivity index (χ1v) is 16.4. The molecule has 44 heavy (non-hydrogen) atoms. The van der Waals surface area contributed by atoms with Gasteiger partial charge in [0.25, 0.3) is 0 Å². The molecule has 3 aromatic carbocycles. The van der Waals surface area contributed by atoms with Crippen LogP contribution in [0.4, 0.5) is 5.69 Å². The fourth-order valence-corrected chi connectivity index (χ4v) is 6.32. The zero-order valence-electron chi connectivity index (χ0n) is 25.7. The van der Waals surface area contributed by atoms with E-state index in [1.807, 2.05) is 42.5 Å². The number of anilines is 1. The van der Waals surface area contributed by atoms with E-state index in [1.54, 1.807) is 31.4 Å². The number of hydrogen-bond donors (Lipinski definition) is 1. The van der Waals surface area contributed by atoms with Gasteiger partial charge in [-0.3, -0.25) is 13.9 Å². The molecule has 0 unspecified atom stereocenters. The van der Waals surface area contributed by atoms with Gasteiger partial charge in [-0.1, -0.05) is 55.3 Å². The number of methoxy groups -OCH3 is 3. The van der Waals surface area contributed by atoms with Crippen LogP contribution in [0, 0.1) is 0 Å². The number of carbonyl (C=O) groups excluding carboxylic acids is 2. The summed E-state index contributed by atoms with van der Waals surface area (Å²) in [7, 11) is 0.464. The molecule has 1 atom stereocenters. The van der Waals surface area contributed by atoms with E-state index >= 15 is 0 Å². The molecule has 0 aromatic heterocycles. The molecule has 1 aliphatic carbocycles. The Hall–Kier alpha value is -4.25. The lowest BCUT2D eigenvalue weighted by molar-refractivity contribution is -0.140. The van der Waals surface area contributed by atoms with Crippen LogP contribution in [0.1, 0.15) is 36.8 Å². The first kappa shape index (κ1) is 32.7. The summed E-state index contributed by atoms with van der Waals surface area (Å²) >= 11 is 0. The predicted octanol–water partition coefficient (Wildman–Crippen LogP) is 4.18. The van der Waals surface area contributed by atoms with Crippen molar-refractivity contribution in [3.8, 4) is 17.2 Å². The van der Waals surface area contributed by atoms with E-state index in [0.29, 0.717) is 11.5 Å².